The van der Waals surface area contributed by atoms with Crippen molar-refractivity contribution in [2.45, 2.75) is 6.42 Å². The molecule has 4 rings (SSSR count). The molecule has 0 fully saturated rings. The molecule has 3 aromatic heterocycles. The van der Waals surface area contributed by atoms with Gasteiger partial charge >= 0.3 is 0 Å². The van der Waals surface area contributed by atoms with Gasteiger partial charge in [0.2, 0.25) is 0 Å². The van der Waals surface area contributed by atoms with E-state index in [1.165, 1.54) is 0 Å². The number of halogens is 4. The number of hydrogen-bond donors (Lipinski definition) is 0. The van der Waals surface area contributed by atoms with Gasteiger partial charge in [0.1, 0.15) is 17.3 Å². The van der Waals surface area contributed by atoms with Crippen LogP contribution in [0, 0.1) is 17.5 Å². The van der Waals surface area contributed by atoms with Crippen LogP contribution in [0.4, 0.5) is 13.2 Å². The van der Waals surface area contributed by atoms with Gasteiger partial charge in [-0.25, -0.2) is 33.1 Å². The third-order valence-electron chi connectivity index (χ3n) is 3.74. The van der Waals surface area contributed by atoms with Crippen molar-refractivity contribution in [3.05, 3.63) is 76.8 Å². The van der Waals surface area contributed by atoms with E-state index in [1.807, 2.05) is 0 Å². The van der Waals surface area contributed by atoms with Crippen LogP contribution in [0.1, 0.15) is 11.3 Å². The summed E-state index contributed by atoms with van der Waals surface area (Å²) >= 11 is 5.70. The van der Waals surface area contributed by atoms with Crippen molar-refractivity contribution in [1.29, 1.82) is 0 Å². The average Bonchev–Trinajstić information content (AvgIpc) is 3.09. The van der Waals surface area contributed by atoms with Gasteiger partial charge in [0.05, 0.1) is 11.9 Å². The van der Waals surface area contributed by atoms with E-state index in [-0.39, 0.29) is 23.0 Å². The Morgan fingerprint density at radius 3 is 2.69 bits per heavy atom. The monoisotopic (exact) mass is 375 g/mol. The second kappa shape index (κ2) is 6.38. The molecule has 0 saturated heterocycles. The Kier molecular flexibility index (Phi) is 4.04. The average molecular weight is 376 g/mol. The second-order valence-electron chi connectivity index (χ2n) is 5.48. The summed E-state index contributed by atoms with van der Waals surface area (Å²) in [4.78, 5) is 16.3. The van der Waals surface area contributed by atoms with Crippen LogP contribution >= 0.6 is 11.6 Å². The molecule has 0 amide bonds. The van der Waals surface area contributed by atoms with Gasteiger partial charge in [-0.1, -0.05) is 11.6 Å². The summed E-state index contributed by atoms with van der Waals surface area (Å²) in [6.07, 6.45) is 5.75. The smallest absolute Gasteiger partial charge is 0.181 e. The molecule has 9 heteroatoms. The quantitative estimate of drug-likeness (QED) is 0.510. The number of benzene rings is 1. The van der Waals surface area contributed by atoms with E-state index in [4.69, 9.17) is 11.6 Å². The summed E-state index contributed by atoms with van der Waals surface area (Å²) in [5, 5.41) is -0.333. The molecule has 0 unspecified atom stereocenters. The number of aromatic nitrogens is 5. The minimum atomic E-state index is -0.749. The zero-order valence-electron chi connectivity index (χ0n) is 13.0. The molecule has 0 radical (unpaired) electrons. The van der Waals surface area contributed by atoms with E-state index in [2.05, 4.69) is 19.9 Å². The lowest BCUT2D eigenvalue weighted by Crippen LogP contribution is -2.04. The molecule has 0 aliphatic heterocycles. The van der Waals surface area contributed by atoms with Crippen molar-refractivity contribution in [3.63, 3.8) is 0 Å². The molecule has 26 heavy (non-hydrogen) atoms. The maximum absolute atomic E-state index is 14.0. The van der Waals surface area contributed by atoms with Gasteiger partial charge in [0, 0.05) is 25.0 Å². The zero-order valence-corrected chi connectivity index (χ0v) is 13.8. The molecule has 1 aromatic carbocycles. The van der Waals surface area contributed by atoms with Crippen molar-refractivity contribution < 1.29 is 13.2 Å². The summed E-state index contributed by atoms with van der Waals surface area (Å²) in [7, 11) is 0. The third kappa shape index (κ3) is 2.99. The Morgan fingerprint density at radius 2 is 1.88 bits per heavy atom. The number of nitrogens with zero attached hydrogens (tertiary/aromatic N) is 5. The zero-order chi connectivity index (χ0) is 18.3. The van der Waals surface area contributed by atoms with E-state index in [1.54, 1.807) is 23.0 Å². The van der Waals surface area contributed by atoms with Gasteiger partial charge in [-0.2, -0.15) is 0 Å². The highest BCUT2D eigenvalue weighted by atomic mass is 35.5. The summed E-state index contributed by atoms with van der Waals surface area (Å²) in [5.74, 6) is -1.75. The second-order valence-corrected chi connectivity index (χ2v) is 5.83. The highest BCUT2D eigenvalue weighted by molar-refractivity contribution is 6.29. The third-order valence-corrected chi connectivity index (χ3v) is 4.00. The number of rotatable bonds is 3. The van der Waals surface area contributed by atoms with E-state index >= 15 is 0 Å². The highest BCUT2D eigenvalue weighted by Crippen LogP contribution is 2.21. The first-order valence-electron chi connectivity index (χ1n) is 7.46. The van der Waals surface area contributed by atoms with Crippen molar-refractivity contribution >= 4 is 17.2 Å². The molecule has 3 heterocycles. The molecule has 0 bridgehead atoms. The maximum Gasteiger partial charge on any atom is 0.181 e. The van der Waals surface area contributed by atoms with Crippen molar-refractivity contribution in [2.24, 2.45) is 0 Å². The Balaban J connectivity index is 1.85. The summed E-state index contributed by atoms with van der Waals surface area (Å²) in [6.45, 7) is 0. The SMILES string of the molecule is Fc1ccc(F)c(Cc2nc(-c3ncc(F)c(Cl)n3)cn3ccnc23)c1. The van der Waals surface area contributed by atoms with Gasteiger partial charge in [-0.05, 0) is 23.8 Å². The highest BCUT2D eigenvalue weighted by Gasteiger charge is 2.15. The van der Waals surface area contributed by atoms with Crippen molar-refractivity contribution in [2.75, 3.05) is 0 Å². The maximum atomic E-state index is 14.0. The van der Waals surface area contributed by atoms with E-state index in [9.17, 15) is 13.2 Å². The van der Waals surface area contributed by atoms with Crippen molar-refractivity contribution in [1.82, 2.24) is 24.3 Å². The van der Waals surface area contributed by atoms with Gasteiger partial charge in [-0.15, -0.1) is 0 Å². The Morgan fingerprint density at radius 1 is 1.04 bits per heavy atom. The van der Waals surface area contributed by atoms with E-state index in [0.29, 0.717) is 17.0 Å². The van der Waals surface area contributed by atoms with Crippen LogP contribution in [-0.2, 0) is 6.42 Å². The fraction of sp³-hybridized carbons (Fsp3) is 0.0588. The minimum Gasteiger partial charge on any atom is -0.303 e. The first-order chi connectivity index (χ1) is 12.5. The van der Waals surface area contributed by atoms with Crippen LogP contribution in [0.3, 0.4) is 0 Å². The lowest BCUT2D eigenvalue weighted by atomic mass is 10.1. The topological polar surface area (TPSA) is 56.0 Å². The lowest BCUT2D eigenvalue weighted by molar-refractivity contribution is 0.588. The predicted molar refractivity (Wildman–Crippen MR) is 88.1 cm³/mol. The van der Waals surface area contributed by atoms with Crippen LogP contribution in [0.2, 0.25) is 5.15 Å². The number of imidazole rings is 1. The normalized spacial score (nSPS) is 11.2. The molecule has 0 aliphatic rings. The minimum absolute atomic E-state index is 0.00682. The van der Waals surface area contributed by atoms with Crippen molar-refractivity contribution in [3.8, 4) is 11.5 Å². The Bertz CT molecular complexity index is 1130. The van der Waals surface area contributed by atoms with E-state index < -0.39 is 17.5 Å². The first-order valence-corrected chi connectivity index (χ1v) is 7.84. The van der Waals surface area contributed by atoms with Gasteiger partial charge in [0.25, 0.3) is 0 Å². The molecule has 130 valence electrons. The molecule has 0 N–H and O–H groups in total. The summed E-state index contributed by atoms with van der Waals surface area (Å²) in [5.41, 5.74) is 1.30. The lowest BCUT2D eigenvalue weighted by Gasteiger charge is -2.08. The molecular weight excluding hydrogens is 367 g/mol. The van der Waals surface area contributed by atoms with Crippen LogP contribution in [0.15, 0.2) is 43.0 Å². The number of fused-ring (bicyclic) bond motifs is 1. The Labute approximate surface area is 150 Å². The molecule has 0 atom stereocenters. The van der Waals surface area contributed by atoms with Crippen LogP contribution in [-0.4, -0.2) is 24.3 Å². The van der Waals surface area contributed by atoms with Crippen LogP contribution in [0.5, 0.6) is 0 Å². The first kappa shape index (κ1) is 16.5. The fourth-order valence-corrected chi connectivity index (χ4v) is 2.68. The predicted octanol–water partition coefficient (Wildman–Crippen LogP) is 3.85. The fourth-order valence-electron chi connectivity index (χ4n) is 2.55. The molecule has 4 aromatic rings. The van der Waals surface area contributed by atoms with E-state index in [0.717, 1.165) is 24.4 Å². The van der Waals surface area contributed by atoms with Gasteiger partial charge in [0.15, 0.2) is 22.4 Å². The van der Waals surface area contributed by atoms with Crippen LogP contribution < -0.4 is 0 Å². The molecular formula is C17H9ClF3N5. The van der Waals surface area contributed by atoms with Gasteiger partial charge in [-0.3, -0.25) is 0 Å². The molecule has 5 nitrogen and oxygen atoms in total. The largest absolute Gasteiger partial charge is 0.303 e. The molecule has 0 saturated carbocycles. The van der Waals surface area contributed by atoms with Crippen LogP contribution in [0.25, 0.3) is 17.2 Å². The molecule has 0 spiro atoms. The summed E-state index contributed by atoms with van der Waals surface area (Å²) in [6, 6.07) is 3.21. The Hall–Kier alpha value is -3.00. The molecule has 0 aliphatic carbocycles. The van der Waals surface area contributed by atoms with Gasteiger partial charge < -0.3 is 4.40 Å². The number of hydrogen-bond acceptors (Lipinski definition) is 4. The standard InChI is InChI=1S/C17H9ClF3N5/c18-15-12(21)7-23-16(25-15)14-8-26-4-3-22-17(26)13(24-14)6-9-5-10(19)1-2-11(9)20/h1-5,7-8H,6H2. The summed E-state index contributed by atoms with van der Waals surface area (Å²) < 4.78 is 42.4.